The Bertz CT molecular complexity index is 642. The monoisotopic (exact) mass is 258 g/mol. The highest BCUT2D eigenvalue weighted by Gasteiger charge is 2.01. The van der Waals surface area contributed by atoms with Gasteiger partial charge < -0.3 is 5.11 Å². The second-order valence-corrected chi connectivity index (χ2v) is 3.74. The van der Waals surface area contributed by atoms with Crippen molar-refractivity contribution in [3.63, 3.8) is 0 Å². The van der Waals surface area contributed by atoms with E-state index in [1.54, 1.807) is 24.4 Å². The van der Waals surface area contributed by atoms with Gasteiger partial charge in [0.05, 0.1) is 0 Å². The van der Waals surface area contributed by atoms with Crippen molar-refractivity contribution in [1.29, 1.82) is 0 Å². The van der Waals surface area contributed by atoms with Gasteiger partial charge in [-0.05, 0) is 24.3 Å². The number of hydrogen-bond donors (Lipinski definition) is 1. The number of rotatable bonds is 1. The minimum absolute atomic E-state index is 0.00694. The third kappa shape index (κ3) is 3.06. The quantitative estimate of drug-likeness (QED) is 0.629. The highest BCUT2D eigenvalue weighted by atomic mass is 35.5. The third-order valence-electron chi connectivity index (χ3n) is 2.06. The molecular formula is C13H7ClN2O2. The predicted molar refractivity (Wildman–Crippen MR) is 66.4 cm³/mol. The largest absolute Gasteiger partial charge is 0.477 e. The lowest BCUT2D eigenvalue weighted by molar-refractivity contribution is 0.0690. The van der Waals surface area contributed by atoms with Crippen LogP contribution in [-0.2, 0) is 0 Å². The van der Waals surface area contributed by atoms with Crippen molar-refractivity contribution in [3.8, 4) is 11.8 Å². The van der Waals surface area contributed by atoms with Gasteiger partial charge in [-0.1, -0.05) is 23.4 Å². The first-order valence-corrected chi connectivity index (χ1v) is 5.36. The van der Waals surface area contributed by atoms with Crippen LogP contribution in [-0.4, -0.2) is 21.0 Å². The Hall–Kier alpha value is -2.38. The van der Waals surface area contributed by atoms with E-state index in [1.165, 1.54) is 12.3 Å². The molecule has 0 saturated carbocycles. The van der Waals surface area contributed by atoms with E-state index in [4.69, 9.17) is 16.7 Å². The summed E-state index contributed by atoms with van der Waals surface area (Å²) in [6.07, 6.45) is 2.98. The van der Waals surface area contributed by atoms with E-state index in [2.05, 4.69) is 21.8 Å². The van der Waals surface area contributed by atoms with Crippen LogP contribution >= 0.6 is 11.6 Å². The van der Waals surface area contributed by atoms with Gasteiger partial charge in [-0.3, -0.25) is 0 Å². The lowest BCUT2D eigenvalue weighted by Crippen LogP contribution is -1.99. The van der Waals surface area contributed by atoms with Gasteiger partial charge in [0.15, 0.2) is 0 Å². The zero-order valence-electron chi connectivity index (χ0n) is 9.09. The van der Waals surface area contributed by atoms with Gasteiger partial charge in [-0.25, -0.2) is 14.8 Å². The summed E-state index contributed by atoms with van der Waals surface area (Å²) < 4.78 is 0. The molecule has 0 spiro atoms. The molecule has 0 radical (unpaired) electrons. The molecule has 88 valence electrons. The van der Waals surface area contributed by atoms with Crippen LogP contribution in [0.4, 0.5) is 0 Å². The fraction of sp³-hybridized carbons (Fsp3) is 0. The summed E-state index contributed by atoms with van der Waals surface area (Å²) >= 11 is 5.73. The molecule has 0 atom stereocenters. The van der Waals surface area contributed by atoms with E-state index in [0.717, 1.165) is 5.56 Å². The van der Waals surface area contributed by atoms with Crippen LogP contribution in [0.25, 0.3) is 0 Å². The molecule has 0 saturated heterocycles. The number of halogens is 1. The zero-order valence-corrected chi connectivity index (χ0v) is 9.85. The van der Waals surface area contributed by atoms with Crippen molar-refractivity contribution in [2.75, 3.05) is 0 Å². The first kappa shape index (κ1) is 12.1. The highest BCUT2D eigenvalue weighted by molar-refractivity contribution is 6.29. The number of carboxylic acids is 1. The van der Waals surface area contributed by atoms with Gasteiger partial charge in [0.2, 0.25) is 0 Å². The van der Waals surface area contributed by atoms with Gasteiger partial charge in [0.1, 0.15) is 10.8 Å². The normalized spacial score (nSPS) is 9.39. The summed E-state index contributed by atoms with van der Waals surface area (Å²) in [6.45, 7) is 0. The molecule has 2 aromatic rings. The first-order valence-electron chi connectivity index (χ1n) is 4.98. The van der Waals surface area contributed by atoms with Crippen molar-refractivity contribution in [2.45, 2.75) is 0 Å². The lowest BCUT2D eigenvalue weighted by Gasteiger charge is -1.93. The van der Waals surface area contributed by atoms with Crippen molar-refractivity contribution in [3.05, 3.63) is 58.6 Å². The Labute approximate surface area is 108 Å². The summed E-state index contributed by atoms with van der Waals surface area (Å²) in [5.41, 5.74) is 1.36. The Balaban J connectivity index is 2.22. The molecule has 5 heteroatoms. The van der Waals surface area contributed by atoms with E-state index in [1.807, 2.05) is 0 Å². The smallest absolute Gasteiger partial charge is 0.354 e. The Kier molecular flexibility index (Phi) is 3.56. The molecule has 2 rings (SSSR count). The van der Waals surface area contributed by atoms with Crippen LogP contribution in [0.15, 0.2) is 36.7 Å². The maximum Gasteiger partial charge on any atom is 0.354 e. The van der Waals surface area contributed by atoms with Crippen LogP contribution in [0.3, 0.4) is 0 Å². The molecule has 0 aliphatic rings. The molecule has 0 bridgehead atoms. The number of aromatic carboxylic acids is 1. The lowest BCUT2D eigenvalue weighted by atomic mass is 10.2. The second-order valence-electron chi connectivity index (χ2n) is 3.35. The van der Waals surface area contributed by atoms with Gasteiger partial charge >= 0.3 is 5.97 Å². The second kappa shape index (κ2) is 5.30. The summed E-state index contributed by atoms with van der Waals surface area (Å²) in [7, 11) is 0. The fourth-order valence-corrected chi connectivity index (χ4v) is 1.39. The fourth-order valence-electron chi connectivity index (χ4n) is 1.22. The van der Waals surface area contributed by atoms with Crippen molar-refractivity contribution in [1.82, 2.24) is 9.97 Å². The van der Waals surface area contributed by atoms with Gasteiger partial charge in [-0.2, -0.15) is 0 Å². The molecule has 1 N–H and O–H groups in total. The molecule has 18 heavy (non-hydrogen) atoms. The number of carbonyl (C=O) groups is 1. The van der Waals surface area contributed by atoms with E-state index < -0.39 is 5.97 Å². The summed E-state index contributed by atoms with van der Waals surface area (Å²) in [4.78, 5) is 18.2. The molecule has 0 unspecified atom stereocenters. The molecular weight excluding hydrogens is 252 g/mol. The number of pyridine rings is 2. The van der Waals surface area contributed by atoms with E-state index in [-0.39, 0.29) is 5.69 Å². The maximum absolute atomic E-state index is 10.6. The summed E-state index contributed by atoms with van der Waals surface area (Å²) in [6, 6.07) is 6.39. The Morgan fingerprint density at radius 2 is 1.94 bits per heavy atom. The average molecular weight is 259 g/mol. The molecule has 0 fully saturated rings. The van der Waals surface area contributed by atoms with Crippen molar-refractivity contribution < 1.29 is 9.90 Å². The van der Waals surface area contributed by atoms with Crippen LogP contribution in [0, 0.1) is 11.8 Å². The van der Waals surface area contributed by atoms with Crippen LogP contribution in [0.1, 0.15) is 21.6 Å². The number of aromatic nitrogens is 2. The molecule has 0 amide bonds. The molecule has 0 aromatic carbocycles. The zero-order chi connectivity index (χ0) is 13.0. The van der Waals surface area contributed by atoms with Crippen LogP contribution in [0.5, 0.6) is 0 Å². The molecule has 4 nitrogen and oxygen atoms in total. The number of carboxylic acid groups (broad SMARTS) is 1. The maximum atomic E-state index is 10.6. The van der Waals surface area contributed by atoms with Crippen molar-refractivity contribution in [2.24, 2.45) is 0 Å². The number of hydrogen-bond acceptors (Lipinski definition) is 3. The SMILES string of the molecule is O=C(O)c1ccc(C#Cc2ccnc(Cl)c2)cn1. The topological polar surface area (TPSA) is 63.1 Å². The van der Waals surface area contributed by atoms with Gasteiger partial charge in [0, 0.05) is 23.5 Å². The van der Waals surface area contributed by atoms with Crippen molar-refractivity contribution >= 4 is 17.6 Å². The minimum atomic E-state index is -1.06. The van der Waals surface area contributed by atoms with E-state index >= 15 is 0 Å². The standard InChI is InChI=1S/C13H7ClN2O2/c14-12-7-9(5-6-15-12)1-2-10-3-4-11(13(17)18)16-8-10/h3-8H,(H,17,18). The van der Waals surface area contributed by atoms with E-state index in [9.17, 15) is 4.79 Å². The third-order valence-corrected chi connectivity index (χ3v) is 2.27. The molecule has 2 heterocycles. The minimum Gasteiger partial charge on any atom is -0.477 e. The van der Waals surface area contributed by atoms with Gasteiger partial charge in [0.25, 0.3) is 0 Å². The predicted octanol–water partition coefficient (Wildman–Crippen LogP) is 2.23. The van der Waals surface area contributed by atoms with Gasteiger partial charge in [-0.15, -0.1) is 0 Å². The van der Waals surface area contributed by atoms with Crippen LogP contribution < -0.4 is 0 Å². The molecule has 0 aliphatic carbocycles. The summed E-state index contributed by atoms with van der Waals surface area (Å²) in [5.74, 6) is 4.69. The molecule has 2 aromatic heterocycles. The highest BCUT2D eigenvalue weighted by Crippen LogP contribution is 2.06. The van der Waals surface area contributed by atoms with E-state index in [0.29, 0.717) is 10.7 Å². The summed E-state index contributed by atoms with van der Waals surface area (Å²) in [5, 5.41) is 9.07. The average Bonchev–Trinajstić information content (AvgIpc) is 2.37. The first-order chi connectivity index (χ1) is 8.65. The number of nitrogens with zero attached hydrogens (tertiary/aromatic N) is 2. The van der Waals surface area contributed by atoms with Crippen LogP contribution in [0.2, 0.25) is 5.15 Å². The Morgan fingerprint density at radius 3 is 2.56 bits per heavy atom. The Morgan fingerprint density at radius 1 is 1.17 bits per heavy atom. The molecule has 0 aliphatic heterocycles.